The largest absolute Gasteiger partial charge is 0.321 e. The Hall–Kier alpha value is -1.99. The molecule has 0 aliphatic heterocycles. The molecule has 2 aromatic carbocycles. The maximum atomic E-state index is 12.1. The molecule has 0 bridgehead atoms. The highest BCUT2D eigenvalue weighted by molar-refractivity contribution is 6.42. The summed E-state index contributed by atoms with van der Waals surface area (Å²) in [5.41, 5.74) is 1.06. The zero-order valence-electron chi connectivity index (χ0n) is 11.1. The van der Waals surface area contributed by atoms with Crippen molar-refractivity contribution >= 4 is 52.5 Å². The number of anilines is 1. The first kappa shape index (κ1) is 16.4. The van der Waals surface area contributed by atoms with E-state index in [9.17, 15) is 4.79 Å². The van der Waals surface area contributed by atoms with Crippen molar-refractivity contribution in [2.45, 2.75) is 0 Å². The minimum Gasteiger partial charge on any atom is -0.321 e. The monoisotopic (exact) mass is 350 g/mol. The molecule has 0 spiro atoms. The lowest BCUT2D eigenvalue weighted by Crippen LogP contribution is -2.13. The molecule has 1 amide bonds. The Morgan fingerprint density at radius 2 is 1.86 bits per heavy atom. The van der Waals surface area contributed by atoms with Crippen molar-refractivity contribution in [2.24, 2.45) is 0 Å². The van der Waals surface area contributed by atoms with Gasteiger partial charge < -0.3 is 5.32 Å². The molecule has 1 N–H and O–H groups in total. The number of nitrogens with zero attached hydrogens (tertiary/aromatic N) is 1. The minimum atomic E-state index is -0.541. The first-order chi connectivity index (χ1) is 10.5. The van der Waals surface area contributed by atoms with Crippen molar-refractivity contribution < 1.29 is 4.79 Å². The van der Waals surface area contributed by atoms with Gasteiger partial charge in [-0.05, 0) is 42.0 Å². The molecule has 2 aromatic rings. The maximum Gasteiger partial charge on any atom is 0.266 e. The molecule has 0 unspecified atom stereocenters. The first-order valence-corrected chi connectivity index (χ1v) is 7.27. The van der Waals surface area contributed by atoms with Crippen LogP contribution >= 0.6 is 34.8 Å². The Labute approximate surface area is 142 Å². The third-order valence-electron chi connectivity index (χ3n) is 2.70. The zero-order chi connectivity index (χ0) is 16.1. The van der Waals surface area contributed by atoms with E-state index in [2.05, 4.69) is 5.32 Å². The van der Waals surface area contributed by atoms with Gasteiger partial charge in [0, 0.05) is 10.7 Å². The summed E-state index contributed by atoms with van der Waals surface area (Å²) in [6.07, 6.45) is 1.46. The predicted octanol–water partition coefficient (Wildman–Crippen LogP) is 5.19. The number of rotatable bonds is 3. The van der Waals surface area contributed by atoms with Crippen molar-refractivity contribution in [2.75, 3.05) is 5.32 Å². The van der Waals surface area contributed by atoms with Crippen LogP contribution in [0.15, 0.2) is 48.0 Å². The minimum absolute atomic E-state index is 0.0478. The van der Waals surface area contributed by atoms with Gasteiger partial charge in [-0.2, -0.15) is 5.26 Å². The summed E-state index contributed by atoms with van der Waals surface area (Å²) < 4.78 is 0. The van der Waals surface area contributed by atoms with Crippen molar-refractivity contribution in [1.29, 1.82) is 5.26 Å². The molecule has 0 aliphatic carbocycles. The van der Waals surface area contributed by atoms with E-state index in [1.807, 2.05) is 6.07 Å². The third kappa shape index (κ3) is 4.25. The zero-order valence-corrected chi connectivity index (χ0v) is 13.4. The Morgan fingerprint density at radius 3 is 2.50 bits per heavy atom. The average molecular weight is 352 g/mol. The molecular formula is C16H9Cl3N2O. The number of amides is 1. The van der Waals surface area contributed by atoms with Crippen LogP contribution in [-0.4, -0.2) is 5.91 Å². The highest BCUT2D eigenvalue weighted by Crippen LogP contribution is 2.25. The molecule has 0 aliphatic rings. The number of carbonyl (C=O) groups is 1. The van der Waals surface area contributed by atoms with Crippen molar-refractivity contribution in [3.8, 4) is 6.07 Å². The first-order valence-electron chi connectivity index (χ1n) is 6.13. The van der Waals surface area contributed by atoms with E-state index in [1.165, 1.54) is 12.1 Å². The van der Waals surface area contributed by atoms with Gasteiger partial charge in [-0.25, -0.2) is 0 Å². The van der Waals surface area contributed by atoms with Gasteiger partial charge in [-0.15, -0.1) is 0 Å². The molecule has 0 fully saturated rings. The van der Waals surface area contributed by atoms with Gasteiger partial charge in [-0.1, -0.05) is 46.9 Å². The third-order valence-corrected chi connectivity index (χ3v) is 3.68. The molecule has 0 atom stereocenters. The lowest BCUT2D eigenvalue weighted by Gasteiger charge is -2.05. The molecule has 0 saturated carbocycles. The smallest absolute Gasteiger partial charge is 0.266 e. The highest BCUT2D eigenvalue weighted by Gasteiger charge is 2.10. The average Bonchev–Trinajstić information content (AvgIpc) is 2.48. The molecule has 6 heteroatoms. The number of hydrogen-bond donors (Lipinski definition) is 1. The van der Waals surface area contributed by atoms with Crippen LogP contribution in [0, 0.1) is 11.3 Å². The summed E-state index contributed by atoms with van der Waals surface area (Å²) in [4.78, 5) is 12.1. The van der Waals surface area contributed by atoms with Gasteiger partial charge in [0.1, 0.15) is 11.6 Å². The van der Waals surface area contributed by atoms with Gasteiger partial charge in [0.2, 0.25) is 0 Å². The van der Waals surface area contributed by atoms with Gasteiger partial charge in [0.05, 0.1) is 10.0 Å². The van der Waals surface area contributed by atoms with Crippen LogP contribution in [0.2, 0.25) is 15.1 Å². The van der Waals surface area contributed by atoms with E-state index in [1.54, 1.807) is 36.4 Å². The Morgan fingerprint density at radius 1 is 1.09 bits per heavy atom. The summed E-state index contributed by atoms with van der Waals surface area (Å²) in [5.74, 6) is -0.541. The van der Waals surface area contributed by atoms with E-state index >= 15 is 0 Å². The van der Waals surface area contributed by atoms with E-state index in [-0.39, 0.29) is 5.57 Å². The van der Waals surface area contributed by atoms with Gasteiger partial charge >= 0.3 is 0 Å². The van der Waals surface area contributed by atoms with Crippen LogP contribution in [0.4, 0.5) is 5.69 Å². The van der Waals surface area contributed by atoms with Crippen LogP contribution in [-0.2, 0) is 4.79 Å². The predicted molar refractivity (Wildman–Crippen MR) is 90.1 cm³/mol. The van der Waals surface area contributed by atoms with E-state index in [0.717, 1.165) is 0 Å². The molecule has 0 heterocycles. The Bertz CT molecular complexity index is 794. The van der Waals surface area contributed by atoms with Gasteiger partial charge in [0.15, 0.2) is 0 Å². The van der Waals surface area contributed by atoms with Crippen molar-refractivity contribution in [3.63, 3.8) is 0 Å². The van der Waals surface area contributed by atoms with Crippen molar-refractivity contribution in [3.05, 3.63) is 68.7 Å². The van der Waals surface area contributed by atoms with Crippen LogP contribution < -0.4 is 5.32 Å². The van der Waals surface area contributed by atoms with Crippen LogP contribution in [0.3, 0.4) is 0 Å². The number of carbonyl (C=O) groups excluding carboxylic acids is 1. The lowest BCUT2D eigenvalue weighted by molar-refractivity contribution is -0.112. The SMILES string of the molecule is N#C/C(=C/c1cccc(Cl)c1)C(=O)Nc1ccc(Cl)c(Cl)c1. The summed E-state index contributed by atoms with van der Waals surface area (Å²) in [5, 5.41) is 13.0. The maximum absolute atomic E-state index is 12.1. The molecule has 110 valence electrons. The molecule has 0 radical (unpaired) electrons. The second kappa shape index (κ2) is 7.33. The van der Waals surface area contributed by atoms with Crippen molar-refractivity contribution in [1.82, 2.24) is 0 Å². The highest BCUT2D eigenvalue weighted by atomic mass is 35.5. The normalized spacial score (nSPS) is 10.9. The van der Waals surface area contributed by atoms with E-state index in [4.69, 9.17) is 40.1 Å². The van der Waals surface area contributed by atoms with Crippen LogP contribution in [0.25, 0.3) is 6.08 Å². The summed E-state index contributed by atoms with van der Waals surface area (Å²) in [7, 11) is 0. The van der Waals surface area contributed by atoms with Gasteiger partial charge in [-0.3, -0.25) is 4.79 Å². The van der Waals surface area contributed by atoms with Crippen LogP contribution in [0.5, 0.6) is 0 Å². The molecule has 22 heavy (non-hydrogen) atoms. The number of benzene rings is 2. The fourth-order valence-corrected chi connectivity index (χ4v) is 2.18. The number of hydrogen-bond acceptors (Lipinski definition) is 2. The number of nitrogens with one attached hydrogen (secondary N) is 1. The Balaban J connectivity index is 2.22. The molecule has 0 aromatic heterocycles. The second-order valence-electron chi connectivity index (χ2n) is 4.31. The summed E-state index contributed by atoms with van der Waals surface area (Å²) >= 11 is 17.6. The second-order valence-corrected chi connectivity index (χ2v) is 5.56. The molecule has 0 saturated heterocycles. The number of halogens is 3. The van der Waals surface area contributed by atoms with Gasteiger partial charge in [0.25, 0.3) is 5.91 Å². The molecular weight excluding hydrogens is 343 g/mol. The quantitative estimate of drug-likeness (QED) is 0.611. The molecule has 3 nitrogen and oxygen atoms in total. The summed E-state index contributed by atoms with van der Waals surface area (Å²) in [6, 6.07) is 13.4. The molecule has 2 rings (SSSR count). The topological polar surface area (TPSA) is 52.9 Å². The fourth-order valence-electron chi connectivity index (χ4n) is 1.68. The summed E-state index contributed by atoms with van der Waals surface area (Å²) in [6.45, 7) is 0. The van der Waals surface area contributed by atoms with E-state index in [0.29, 0.717) is 26.3 Å². The lowest BCUT2D eigenvalue weighted by atomic mass is 10.1. The van der Waals surface area contributed by atoms with Crippen LogP contribution in [0.1, 0.15) is 5.56 Å². The Kier molecular flexibility index (Phi) is 5.46. The standard InChI is InChI=1S/C16H9Cl3N2O/c17-12-3-1-2-10(7-12)6-11(9-20)16(22)21-13-4-5-14(18)15(19)8-13/h1-8H,(H,21,22)/b11-6-. The fraction of sp³-hybridized carbons (Fsp3) is 0. The number of nitriles is 1. The van der Waals surface area contributed by atoms with E-state index < -0.39 is 5.91 Å².